The molecule has 2 aromatic rings. The van der Waals surface area contributed by atoms with E-state index in [9.17, 15) is 9.59 Å². The van der Waals surface area contributed by atoms with Crippen LogP contribution in [0.3, 0.4) is 0 Å². The SMILES string of the molecule is Cc1ccc(C)c(NC(=O)CN(C)C(=O)Cc2c(C)noc2C)c1. The molecule has 6 nitrogen and oxygen atoms in total. The summed E-state index contributed by atoms with van der Waals surface area (Å²) in [7, 11) is 1.61. The van der Waals surface area contributed by atoms with Gasteiger partial charge in [0.15, 0.2) is 0 Å². The third-order valence-corrected chi connectivity index (χ3v) is 3.98. The zero-order valence-corrected chi connectivity index (χ0v) is 14.8. The quantitative estimate of drug-likeness (QED) is 0.915. The Morgan fingerprint density at radius 1 is 1.21 bits per heavy atom. The molecule has 0 aliphatic carbocycles. The number of hydrogen-bond acceptors (Lipinski definition) is 4. The predicted molar refractivity (Wildman–Crippen MR) is 91.9 cm³/mol. The summed E-state index contributed by atoms with van der Waals surface area (Å²) < 4.78 is 5.06. The fraction of sp³-hybridized carbons (Fsp3) is 0.389. The van der Waals surface area contributed by atoms with Crippen LogP contribution in [0.25, 0.3) is 0 Å². The monoisotopic (exact) mass is 329 g/mol. The van der Waals surface area contributed by atoms with E-state index in [0.29, 0.717) is 11.5 Å². The number of aryl methyl sites for hydroxylation is 4. The topological polar surface area (TPSA) is 75.4 Å². The van der Waals surface area contributed by atoms with Crippen LogP contribution in [0.5, 0.6) is 0 Å². The minimum atomic E-state index is -0.224. The Balaban J connectivity index is 1.96. The van der Waals surface area contributed by atoms with E-state index in [1.165, 1.54) is 4.90 Å². The number of nitrogens with zero attached hydrogens (tertiary/aromatic N) is 2. The molecular formula is C18H23N3O3. The summed E-state index contributed by atoms with van der Waals surface area (Å²) in [6.07, 6.45) is 0.175. The van der Waals surface area contributed by atoms with Crippen molar-refractivity contribution < 1.29 is 14.1 Å². The molecule has 1 N–H and O–H groups in total. The molecule has 6 heteroatoms. The average molecular weight is 329 g/mol. The van der Waals surface area contributed by atoms with Crippen LogP contribution in [-0.2, 0) is 16.0 Å². The number of rotatable bonds is 5. The van der Waals surface area contributed by atoms with Crippen molar-refractivity contribution in [1.29, 1.82) is 0 Å². The van der Waals surface area contributed by atoms with Gasteiger partial charge in [-0.2, -0.15) is 0 Å². The van der Waals surface area contributed by atoms with E-state index in [4.69, 9.17) is 4.52 Å². The van der Waals surface area contributed by atoms with Crippen molar-refractivity contribution in [2.75, 3.05) is 18.9 Å². The number of amides is 2. The molecule has 1 aromatic carbocycles. The van der Waals surface area contributed by atoms with Crippen molar-refractivity contribution in [3.63, 3.8) is 0 Å². The molecule has 0 saturated heterocycles. The molecule has 0 radical (unpaired) electrons. The summed E-state index contributed by atoms with van der Waals surface area (Å²) >= 11 is 0. The normalized spacial score (nSPS) is 10.5. The first-order chi connectivity index (χ1) is 11.3. The molecule has 0 atom stereocenters. The molecule has 0 spiro atoms. The summed E-state index contributed by atoms with van der Waals surface area (Å²) in [6, 6.07) is 5.86. The Hall–Kier alpha value is -2.63. The highest BCUT2D eigenvalue weighted by Crippen LogP contribution is 2.16. The predicted octanol–water partition coefficient (Wildman–Crippen LogP) is 2.55. The second kappa shape index (κ2) is 7.29. The number of benzene rings is 1. The summed E-state index contributed by atoms with van der Waals surface area (Å²) in [5, 5.41) is 6.69. The molecule has 0 unspecified atom stereocenters. The molecule has 0 fully saturated rings. The second-order valence-corrected chi connectivity index (χ2v) is 6.10. The highest BCUT2D eigenvalue weighted by Gasteiger charge is 2.18. The van der Waals surface area contributed by atoms with Gasteiger partial charge in [-0.05, 0) is 44.9 Å². The Bertz CT molecular complexity index is 745. The number of carbonyl (C=O) groups is 2. The minimum Gasteiger partial charge on any atom is -0.361 e. The zero-order valence-electron chi connectivity index (χ0n) is 14.8. The molecule has 2 amide bonds. The van der Waals surface area contributed by atoms with E-state index in [2.05, 4.69) is 10.5 Å². The number of likely N-dealkylation sites (N-methyl/N-ethyl adjacent to an activating group) is 1. The van der Waals surface area contributed by atoms with Gasteiger partial charge in [0, 0.05) is 18.3 Å². The van der Waals surface area contributed by atoms with Crippen LogP contribution in [0.2, 0.25) is 0 Å². The van der Waals surface area contributed by atoms with Crippen LogP contribution in [0.15, 0.2) is 22.7 Å². The van der Waals surface area contributed by atoms with Crippen molar-refractivity contribution >= 4 is 17.5 Å². The lowest BCUT2D eigenvalue weighted by Crippen LogP contribution is -2.36. The molecule has 0 aliphatic heterocycles. The Morgan fingerprint density at radius 2 is 1.92 bits per heavy atom. The lowest BCUT2D eigenvalue weighted by Gasteiger charge is -2.17. The van der Waals surface area contributed by atoms with Crippen molar-refractivity contribution in [1.82, 2.24) is 10.1 Å². The molecule has 0 bridgehead atoms. The standard InChI is InChI=1S/C18H23N3O3/c1-11-6-7-12(2)16(8-11)19-17(22)10-21(5)18(23)9-15-13(3)20-24-14(15)4/h6-8H,9-10H2,1-5H3,(H,19,22). The van der Waals surface area contributed by atoms with E-state index in [0.717, 1.165) is 22.4 Å². The first-order valence-electron chi connectivity index (χ1n) is 7.80. The van der Waals surface area contributed by atoms with Crippen molar-refractivity contribution in [2.24, 2.45) is 0 Å². The minimum absolute atomic E-state index is 0.00437. The maximum Gasteiger partial charge on any atom is 0.243 e. The van der Waals surface area contributed by atoms with Gasteiger partial charge in [-0.15, -0.1) is 0 Å². The molecule has 0 saturated carbocycles. The van der Waals surface area contributed by atoms with E-state index >= 15 is 0 Å². The Labute approximate surface area is 141 Å². The van der Waals surface area contributed by atoms with Crippen LogP contribution in [-0.4, -0.2) is 35.5 Å². The summed E-state index contributed by atoms with van der Waals surface area (Å²) in [4.78, 5) is 25.9. The Morgan fingerprint density at radius 3 is 2.54 bits per heavy atom. The molecule has 1 heterocycles. The van der Waals surface area contributed by atoms with Crippen LogP contribution < -0.4 is 5.32 Å². The number of aromatic nitrogens is 1. The number of anilines is 1. The van der Waals surface area contributed by atoms with Crippen LogP contribution in [0.1, 0.15) is 28.1 Å². The number of carbonyl (C=O) groups excluding carboxylic acids is 2. The van der Waals surface area contributed by atoms with Crippen molar-refractivity contribution in [3.05, 3.63) is 46.3 Å². The highest BCUT2D eigenvalue weighted by atomic mass is 16.5. The van der Waals surface area contributed by atoms with Crippen molar-refractivity contribution in [3.8, 4) is 0 Å². The fourth-order valence-corrected chi connectivity index (χ4v) is 2.40. The molecule has 2 rings (SSSR count). The zero-order chi connectivity index (χ0) is 17.9. The molecule has 0 aliphatic rings. The summed E-state index contributed by atoms with van der Waals surface area (Å²) in [5.74, 6) is 0.257. The molecule has 128 valence electrons. The first kappa shape index (κ1) is 17.7. The van der Waals surface area contributed by atoms with Gasteiger partial charge in [0.05, 0.1) is 18.7 Å². The number of hydrogen-bond donors (Lipinski definition) is 1. The Kier molecular flexibility index (Phi) is 5.39. The van der Waals surface area contributed by atoms with E-state index in [1.54, 1.807) is 20.9 Å². The van der Waals surface area contributed by atoms with Gasteiger partial charge in [0.25, 0.3) is 0 Å². The lowest BCUT2D eigenvalue weighted by atomic mass is 10.1. The molecule has 24 heavy (non-hydrogen) atoms. The average Bonchev–Trinajstić information content (AvgIpc) is 2.82. The van der Waals surface area contributed by atoms with Gasteiger partial charge >= 0.3 is 0 Å². The van der Waals surface area contributed by atoms with E-state index in [1.807, 2.05) is 32.0 Å². The van der Waals surface area contributed by atoms with Crippen LogP contribution >= 0.6 is 0 Å². The largest absolute Gasteiger partial charge is 0.361 e. The summed E-state index contributed by atoms with van der Waals surface area (Å²) in [6.45, 7) is 7.47. The number of nitrogens with one attached hydrogen (secondary N) is 1. The highest BCUT2D eigenvalue weighted by molar-refractivity contribution is 5.95. The van der Waals surface area contributed by atoms with Gasteiger partial charge < -0.3 is 14.7 Å². The maximum absolute atomic E-state index is 12.3. The second-order valence-electron chi connectivity index (χ2n) is 6.10. The van der Waals surface area contributed by atoms with Crippen LogP contribution in [0.4, 0.5) is 5.69 Å². The van der Waals surface area contributed by atoms with Gasteiger partial charge in [-0.3, -0.25) is 9.59 Å². The van der Waals surface area contributed by atoms with Gasteiger partial charge in [-0.1, -0.05) is 17.3 Å². The lowest BCUT2D eigenvalue weighted by molar-refractivity contribution is -0.132. The molecular weight excluding hydrogens is 306 g/mol. The van der Waals surface area contributed by atoms with E-state index < -0.39 is 0 Å². The maximum atomic E-state index is 12.3. The summed E-state index contributed by atoms with van der Waals surface area (Å²) in [5.41, 5.74) is 4.31. The smallest absolute Gasteiger partial charge is 0.243 e. The first-order valence-corrected chi connectivity index (χ1v) is 7.80. The molecule has 1 aromatic heterocycles. The third kappa shape index (κ3) is 4.22. The van der Waals surface area contributed by atoms with Gasteiger partial charge in [0.1, 0.15) is 5.76 Å². The fourth-order valence-electron chi connectivity index (χ4n) is 2.40. The third-order valence-electron chi connectivity index (χ3n) is 3.98. The van der Waals surface area contributed by atoms with E-state index in [-0.39, 0.29) is 24.8 Å². The van der Waals surface area contributed by atoms with Gasteiger partial charge in [-0.25, -0.2) is 0 Å². The van der Waals surface area contributed by atoms with Gasteiger partial charge in [0.2, 0.25) is 11.8 Å². The van der Waals surface area contributed by atoms with Crippen molar-refractivity contribution in [2.45, 2.75) is 34.1 Å². The van der Waals surface area contributed by atoms with Crippen LogP contribution in [0, 0.1) is 27.7 Å².